The van der Waals surface area contributed by atoms with Gasteiger partial charge in [0.1, 0.15) is 5.60 Å². The predicted octanol–water partition coefficient (Wildman–Crippen LogP) is 1.67. The number of nitrogens with one attached hydrogen (secondary N) is 1. The highest BCUT2D eigenvalue weighted by atomic mass is 16.6. The predicted molar refractivity (Wildman–Crippen MR) is 98.7 cm³/mol. The third kappa shape index (κ3) is 6.38. The van der Waals surface area contributed by atoms with Crippen LogP contribution in [0.1, 0.15) is 47.0 Å². The van der Waals surface area contributed by atoms with Crippen molar-refractivity contribution >= 4 is 12.1 Å². The molecule has 2 N–H and O–H groups in total. The summed E-state index contributed by atoms with van der Waals surface area (Å²) in [4.78, 5) is 20.9. The Kier molecular flexibility index (Phi) is 6.93. The van der Waals surface area contributed by atoms with E-state index in [1.807, 2.05) is 32.6 Å². The summed E-state index contributed by atoms with van der Waals surface area (Å²) < 4.78 is 5.49. The van der Waals surface area contributed by atoms with Crippen LogP contribution in [0.2, 0.25) is 0 Å². The standard InChI is InChI=1S/C18H34N4O3/c1-5-19-16(21-10-8-15(23)13-21)20-11-14-7-6-9-22(12-14)17(24)25-18(2,3)4/h14-15,23H,5-13H2,1-4H3,(H,19,20)/t14?,15-/m1/s1. The molecular formula is C18H34N4O3. The quantitative estimate of drug-likeness (QED) is 0.595. The van der Waals surface area contributed by atoms with Gasteiger partial charge in [-0.05, 0) is 52.9 Å². The molecular weight excluding hydrogens is 320 g/mol. The second kappa shape index (κ2) is 8.74. The molecule has 2 fully saturated rings. The second-order valence-electron chi connectivity index (χ2n) is 8.02. The molecule has 144 valence electrons. The first-order valence-corrected chi connectivity index (χ1v) is 9.47. The van der Waals surface area contributed by atoms with Gasteiger partial charge in [-0.1, -0.05) is 0 Å². The van der Waals surface area contributed by atoms with Crippen molar-refractivity contribution in [3.8, 4) is 0 Å². The van der Waals surface area contributed by atoms with Crippen LogP contribution in [0.3, 0.4) is 0 Å². The Labute approximate surface area is 151 Å². The summed E-state index contributed by atoms with van der Waals surface area (Å²) in [6, 6.07) is 0. The first-order valence-electron chi connectivity index (χ1n) is 9.47. The van der Waals surface area contributed by atoms with Crippen LogP contribution in [-0.2, 0) is 4.74 Å². The minimum absolute atomic E-state index is 0.226. The van der Waals surface area contributed by atoms with Gasteiger partial charge in [-0.15, -0.1) is 0 Å². The number of aliphatic imine (C=N–C) groups is 1. The molecule has 2 saturated heterocycles. The molecule has 2 aliphatic rings. The smallest absolute Gasteiger partial charge is 0.410 e. The Morgan fingerprint density at radius 1 is 1.24 bits per heavy atom. The highest BCUT2D eigenvalue weighted by molar-refractivity contribution is 5.80. The van der Waals surface area contributed by atoms with E-state index in [1.54, 1.807) is 0 Å². The highest BCUT2D eigenvalue weighted by Crippen LogP contribution is 2.20. The Bertz CT molecular complexity index is 475. The number of rotatable bonds is 3. The molecule has 0 bridgehead atoms. The van der Waals surface area contributed by atoms with Crippen LogP contribution in [0.4, 0.5) is 4.79 Å². The topological polar surface area (TPSA) is 77.4 Å². The summed E-state index contributed by atoms with van der Waals surface area (Å²) >= 11 is 0. The summed E-state index contributed by atoms with van der Waals surface area (Å²) in [6.07, 6.45) is 2.36. The molecule has 25 heavy (non-hydrogen) atoms. The Hall–Kier alpha value is -1.50. The molecule has 2 aliphatic heterocycles. The molecule has 0 spiro atoms. The largest absolute Gasteiger partial charge is 0.444 e. The van der Waals surface area contributed by atoms with Crippen LogP contribution in [0.15, 0.2) is 4.99 Å². The van der Waals surface area contributed by atoms with Gasteiger partial charge in [-0.25, -0.2) is 4.79 Å². The molecule has 0 aliphatic carbocycles. The molecule has 0 radical (unpaired) electrons. The van der Waals surface area contributed by atoms with Crippen molar-refractivity contribution in [2.24, 2.45) is 10.9 Å². The number of aliphatic hydroxyl groups excluding tert-OH is 1. The SMILES string of the molecule is CCNC(=NCC1CCCN(C(=O)OC(C)(C)C)C1)N1CC[C@@H](O)C1. The Balaban J connectivity index is 1.90. The number of hydrogen-bond acceptors (Lipinski definition) is 4. The first kappa shape index (κ1) is 19.8. The van der Waals surface area contributed by atoms with Crippen molar-refractivity contribution in [2.75, 3.05) is 39.3 Å². The lowest BCUT2D eigenvalue weighted by Gasteiger charge is -2.33. The summed E-state index contributed by atoms with van der Waals surface area (Å²) in [5.41, 5.74) is -0.461. The monoisotopic (exact) mass is 354 g/mol. The van der Waals surface area contributed by atoms with Crippen molar-refractivity contribution in [3.05, 3.63) is 0 Å². The first-order chi connectivity index (χ1) is 11.8. The van der Waals surface area contributed by atoms with Crippen molar-refractivity contribution < 1.29 is 14.6 Å². The van der Waals surface area contributed by atoms with E-state index >= 15 is 0 Å². The van der Waals surface area contributed by atoms with Gasteiger partial charge in [0.05, 0.1) is 6.10 Å². The van der Waals surface area contributed by atoms with Gasteiger partial charge < -0.3 is 25.0 Å². The summed E-state index contributed by atoms with van der Waals surface area (Å²) in [6.45, 7) is 12.1. The summed E-state index contributed by atoms with van der Waals surface area (Å²) in [5.74, 6) is 1.22. The zero-order valence-corrected chi connectivity index (χ0v) is 16.1. The molecule has 7 nitrogen and oxygen atoms in total. The second-order valence-corrected chi connectivity index (χ2v) is 8.02. The number of hydrogen-bond donors (Lipinski definition) is 2. The van der Waals surface area contributed by atoms with Crippen LogP contribution in [0.25, 0.3) is 0 Å². The molecule has 0 aromatic heterocycles. The van der Waals surface area contributed by atoms with Gasteiger partial charge in [0.2, 0.25) is 0 Å². The van der Waals surface area contributed by atoms with Gasteiger partial charge in [0, 0.05) is 39.3 Å². The number of nitrogens with zero attached hydrogens (tertiary/aromatic N) is 3. The third-order valence-corrected chi connectivity index (χ3v) is 4.47. The number of piperidine rings is 1. The fraction of sp³-hybridized carbons (Fsp3) is 0.889. The van der Waals surface area contributed by atoms with Crippen molar-refractivity contribution in [1.82, 2.24) is 15.1 Å². The number of β-amino-alcohol motifs (C(OH)–C–C–N with tert-alkyl or cyclic N) is 1. The molecule has 2 heterocycles. The van der Waals surface area contributed by atoms with E-state index in [1.165, 1.54) is 0 Å². The van der Waals surface area contributed by atoms with Crippen LogP contribution in [0.5, 0.6) is 0 Å². The van der Waals surface area contributed by atoms with Crippen LogP contribution in [-0.4, -0.2) is 77.9 Å². The van der Waals surface area contributed by atoms with Crippen molar-refractivity contribution in [3.63, 3.8) is 0 Å². The minimum Gasteiger partial charge on any atom is -0.444 e. The maximum atomic E-state index is 12.3. The fourth-order valence-electron chi connectivity index (χ4n) is 3.28. The van der Waals surface area contributed by atoms with Crippen molar-refractivity contribution in [2.45, 2.75) is 58.7 Å². The lowest BCUT2D eigenvalue weighted by Crippen LogP contribution is -2.44. The number of carbonyl (C=O) groups excluding carboxylic acids is 1. The number of ether oxygens (including phenoxy) is 1. The number of carbonyl (C=O) groups is 1. The van der Waals surface area contributed by atoms with E-state index in [-0.39, 0.29) is 12.2 Å². The van der Waals surface area contributed by atoms with E-state index in [0.29, 0.717) is 25.6 Å². The van der Waals surface area contributed by atoms with Crippen LogP contribution >= 0.6 is 0 Å². The highest BCUT2D eigenvalue weighted by Gasteiger charge is 2.28. The van der Waals surface area contributed by atoms with Gasteiger partial charge in [-0.3, -0.25) is 4.99 Å². The number of amides is 1. The van der Waals surface area contributed by atoms with Gasteiger partial charge >= 0.3 is 6.09 Å². The molecule has 2 rings (SSSR count). The summed E-state index contributed by atoms with van der Waals surface area (Å²) in [5, 5.41) is 13.0. The Morgan fingerprint density at radius 3 is 2.60 bits per heavy atom. The maximum absolute atomic E-state index is 12.3. The van der Waals surface area contributed by atoms with E-state index < -0.39 is 5.60 Å². The fourth-order valence-corrected chi connectivity index (χ4v) is 3.28. The number of aliphatic hydroxyl groups is 1. The third-order valence-electron chi connectivity index (χ3n) is 4.47. The van der Waals surface area contributed by atoms with E-state index in [4.69, 9.17) is 9.73 Å². The minimum atomic E-state index is -0.461. The lowest BCUT2D eigenvalue weighted by molar-refractivity contribution is 0.0170. The van der Waals surface area contributed by atoms with Gasteiger partial charge in [-0.2, -0.15) is 0 Å². The summed E-state index contributed by atoms with van der Waals surface area (Å²) in [7, 11) is 0. The zero-order chi connectivity index (χ0) is 18.4. The maximum Gasteiger partial charge on any atom is 0.410 e. The Morgan fingerprint density at radius 2 is 2.00 bits per heavy atom. The van der Waals surface area contributed by atoms with Crippen LogP contribution < -0.4 is 5.32 Å². The molecule has 0 aromatic rings. The van der Waals surface area contributed by atoms with E-state index in [2.05, 4.69) is 10.2 Å². The average molecular weight is 354 g/mol. The molecule has 1 amide bonds. The van der Waals surface area contributed by atoms with Crippen molar-refractivity contribution in [1.29, 1.82) is 0 Å². The lowest BCUT2D eigenvalue weighted by atomic mass is 9.98. The van der Waals surface area contributed by atoms with Crippen LogP contribution in [0, 0.1) is 5.92 Å². The average Bonchev–Trinajstić information content (AvgIpc) is 2.96. The molecule has 2 atom stereocenters. The molecule has 0 saturated carbocycles. The normalized spacial score (nSPS) is 25.2. The van der Waals surface area contributed by atoms with Gasteiger partial charge in [0.15, 0.2) is 5.96 Å². The molecule has 0 aromatic carbocycles. The van der Waals surface area contributed by atoms with E-state index in [9.17, 15) is 9.90 Å². The molecule has 1 unspecified atom stereocenters. The van der Waals surface area contributed by atoms with Gasteiger partial charge in [0.25, 0.3) is 0 Å². The number of guanidine groups is 1. The zero-order valence-electron chi connectivity index (χ0n) is 16.1. The molecule has 7 heteroatoms. The van der Waals surface area contributed by atoms with E-state index in [0.717, 1.165) is 44.9 Å². The number of likely N-dealkylation sites (tertiary alicyclic amines) is 2.